The molecular formula is C17H20N4O2. The van der Waals surface area contributed by atoms with Gasteiger partial charge in [0.15, 0.2) is 0 Å². The fraction of sp³-hybridized carbons (Fsp3) is 0.353. The first-order valence-corrected chi connectivity index (χ1v) is 7.80. The Morgan fingerprint density at radius 1 is 1.35 bits per heavy atom. The molecule has 0 spiro atoms. The van der Waals surface area contributed by atoms with Gasteiger partial charge >= 0.3 is 0 Å². The van der Waals surface area contributed by atoms with E-state index in [1.807, 2.05) is 25.2 Å². The van der Waals surface area contributed by atoms with E-state index in [0.29, 0.717) is 30.5 Å². The maximum absolute atomic E-state index is 12.6. The van der Waals surface area contributed by atoms with Crippen molar-refractivity contribution >= 4 is 5.91 Å². The molecule has 0 aromatic carbocycles. The van der Waals surface area contributed by atoms with Crippen LogP contribution in [-0.4, -0.2) is 47.0 Å². The zero-order valence-electron chi connectivity index (χ0n) is 13.1. The number of amides is 1. The molecule has 120 valence electrons. The van der Waals surface area contributed by atoms with E-state index in [9.17, 15) is 9.59 Å². The maximum Gasteiger partial charge on any atom is 0.261 e. The minimum Gasteiger partial charge on any atom is -0.337 e. The quantitative estimate of drug-likeness (QED) is 0.894. The van der Waals surface area contributed by atoms with Gasteiger partial charge in [0.1, 0.15) is 5.56 Å². The Morgan fingerprint density at radius 3 is 2.91 bits per heavy atom. The minimum absolute atomic E-state index is 0.182. The van der Waals surface area contributed by atoms with E-state index in [1.54, 1.807) is 23.2 Å². The number of carbonyl (C=O) groups is 1. The highest BCUT2D eigenvalue weighted by Gasteiger charge is 2.25. The number of hydrogen-bond donors (Lipinski definition) is 2. The predicted molar refractivity (Wildman–Crippen MR) is 88.3 cm³/mol. The maximum atomic E-state index is 12.6. The van der Waals surface area contributed by atoms with Gasteiger partial charge in [-0.05, 0) is 44.2 Å². The molecule has 1 amide bonds. The summed E-state index contributed by atoms with van der Waals surface area (Å²) in [5, 5.41) is 3.20. The van der Waals surface area contributed by atoms with Gasteiger partial charge in [0.25, 0.3) is 11.5 Å². The van der Waals surface area contributed by atoms with Crippen molar-refractivity contribution in [1.29, 1.82) is 0 Å². The highest BCUT2D eigenvalue weighted by molar-refractivity contribution is 5.94. The summed E-state index contributed by atoms with van der Waals surface area (Å²) in [4.78, 5) is 33.6. The van der Waals surface area contributed by atoms with Crippen molar-refractivity contribution in [2.75, 3.05) is 20.1 Å². The average Bonchev–Trinajstić information content (AvgIpc) is 2.62. The molecule has 1 saturated heterocycles. The van der Waals surface area contributed by atoms with Gasteiger partial charge < -0.3 is 15.2 Å². The summed E-state index contributed by atoms with van der Waals surface area (Å²) in [7, 11) is 1.90. The summed E-state index contributed by atoms with van der Waals surface area (Å²) in [6, 6.07) is 9.10. The predicted octanol–water partition coefficient (Wildman–Crippen LogP) is 1.26. The number of likely N-dealkylation sites (tertiary alicyclic amines) is 1. The number of carbonyl (C=O) groups excluding carboxylic acids is 1. The van der Waals surface area contributed by atoms with Crippen LogP contribution in [0, 0.1) is 0 Å². The Kier molecular flexibility index (Phi) is 4.52. The lowest BCUT2D eigenvalue weighted by Crippen LogP contribution is -2.47. The summed E-state index contributed by atoms with van der Waals surface area (Å²) < 4.78 is 0. The fourth-order valence-electron chi connectivity index (χ4n) is 2.88. The van der Waals surface area contributed by atoms with Crippen molar-refractivity contribution in [3.63, 3.8) is 0 Å². The van der Waals surface area contributed by atoms with Crippen LogP contribution in [0.25, 0.3) is 11.4 Å². The molecule has 1 aliphatic heterocycles. The Morgan fingerprint density at radius 2 is 2.22 bits per heavy atom. The summed E-state index contributed by atoms with van der Waals surface area (Å²) in [5.74, 6) is -0.209. The van der Waals surface area contributed by atoms with Crippen molar-refractivity contribution in [1.82, 2.24) is 20.2 Å². The fourth-order valence-corrected chi connectivity index (χ4v) is 2.88. The molecule has 0 bridgehead atoms. The van der Waals surface area contributed by atoms with Gasteiger partial charge in [-0.25, -0.2) is 0 Å². The van der Waals surface area contributed by atoms with E-state index in [-0.39, 0.29) is 17.0 Å². The molecule has 2 aromatic heterocycles. The molecule has 2 N–H and O–H groups in total. The van der Waals surface area contributed by atoms with Crippen LogP contribution in [0.15, 0.2) is 41.3 Å². The number of piperidine rings is 1. The van der Waals surface area contributed by atoms with Gasteiger partial charge in [-0.15, -0.1) is 0 Å². The highest BCUT2D eigenvalue weighted by Crippen LogP contribution is 2.15. The molecule has 1 fully saturated rings. The topological polar surface area (TPSA) is 78.1 Å². The smallest absolute Gasteiger partial charge is 0.261 e. The van der Waals surface area contributed by atoms with E-state index in [1.165, 1.54) is 0 Å². The molecule has 1 atom stereocenters. The van der Waals surface area contributed by atoms with Gasteiger partial charge in [-0.1, -0.05) is 6.07 Å². The number of nitrogens with one attached hydrogen (secondary N) is 2. The van der Waals surface area contributed by atoms with E-state index in [4.69, 9.17) is 0 Å². The zero-order chi connectivity index (χ0) is 16.2. The largest absolute Gasteiger partial charge is 0.337 e. The number of aromatic nitrogens is 2. The molecule has 0 aliphatic carbocycles. The second-order valence-corrected chi connectivity index (χ2v) is 5.71. The number of likely N-dealkylation sites (N-methyl/N-ethyl adjacent to an activating group) is 1. The Bertz CT molecular complexity index is 742. The van der Waals surface area contributed by atoms with Gasteiger partial charge in [-0.2, -0.15) is 0 Å². The standard InChI is InChI=1S/C17H20N4O2/c1-18-12-5-4-10-21(11-12)17(23)13-7-8-15(20-16(13)22)14-6-2-3-9-19-14/h2-3,6-9,12,18H,4-5,10-11H2,1H3,(H,20,22). The third-order valence-electron chi connectivity index (χ3n) is 4.20. The summed E-state index contributed by atoms with van der Waals surface area (Å²) in [5.41, 5.74) is 1.10. The van der Waals surface area contributed by atoms with Crippen molar-refractivity contribution in [2.24, 2.45) is 0 Å². The minimum atomic E-state index is -0.371. The van der Waals surface area contributed by atoms with Crippen molar-refractivity contribution in [3.8, 4) is 11.4 Å². The molecule has 6 heteroatoms. The molecule has 23 heavy (non-hydrogen) atoms. The van der Waals surface area contributed by atoms with E-state index >= 15 is 0 Å². The van der Waals surface area contributed by atoms with Crippen LogP contribution in [-0.2, 0) is 0 Å². The van der Waals surface area contributed by atoms with E-state index < -0.39 is 0 Å². The average molecular weight is 312 g/mol. The SMILES string of the molecule is CNC1CCCN(C(=O)c2ccc(-c3ccccn3)[nH]c2=O)C1. The van der Waals surface area contributed by atoms with Crippen molar-refractivity contribution < 1.29 is 4.79 Å². The van der Waals surface area contributed by atoms with Crippen LogP contribution in [0.4, 0.5) is 0 Å². The number of pyridine rings is 2. The third-order valence-corrected chi connectivity index (χ3v) is 4.20. The van der Waals surface area contributed by atoms with Crippen LogP contribution in [0.3, 0.4) is 0 Å². The molecular weight excluding hydrogens is 292 g/mol. The normalized spacial score (nSPS) is 18.0. The van der Waals surface area contributed by atoms with E-state index in [2.05, 4.69) is 15.3 Å². The van der Waals surface area contributed by atoms with Crippen LogP contribution in [0.5, 0.6) is 0 Å². The van der Waals surface area contributed by atoms with Crippen LogP contribution in [0.1, 0.15) is 23.2 Å². The summed E-state index contributed by atoms with van der Waals surface area (Å²) in [6.07, 6.45) is 3.66. The Hall–Kier alpha value is -2.47. The Labute approximate surface area is 134 Å². The monoisotopic (exact) mass is 312 g/mol. The summed E-state index contributed by atoms with van der Waals surface area (Å²) >= 11 is 0. The second-order valence-electron chi connectivity index (χ2n) is 5.71. The molecule has 1 aliphatic rings. The molecule has 0 saturated carbocycles. The van der Waals surface area contributed by atoms with Crippen LogP contribution in [0.2, 0.25) is 0 Å². The van der Waals surface area contributed by atoms with Crippen molar-refractivity contribution in [3.05, 3.63) is 52.4 Å². The third kappa shape index (κ3) is 3.32. The molecule has 2 aromatic rings. The van der Waals surface area contributed by atoms with Crippen LogP contribution < -0.4 is 10.9 Å². The van der Waals surface area contributed by atoms with E-state index in [0.717, 1.165) is 12.8 Å². The zero-order valence-corrected chi connectivity index (χ0v) is 13.1. The van der Waals surface area contributed by atoms with Gasteiger partial charge in [0.2, 0.25) is 0 Å². The first-order valence-electron chi connectivity index (χ1n) is 7.80. The number of aromatic amines is 1. The molecule has 1 unspecified atom stereocenters. The molecule has 3 rings (SSSR count). The van der Waals surface area contributed by atoms with Crippen LogP contribution >= 0.6 is 0 Å². The first kappa shape index (κ1) is 15.4. The number of hydrogen-bond acceptors (Lipinski definition) is 4. The number of rotatable bonds is 3. The van der Waals surface area contributed by atoms with Gasteiger partial charge in [-0.3, -0.25) is 14.6 Å². The van der Waals surface area contributed by atoms with Gasteiger partial charge in [0.05, 0.1) is 11.4 Å². The Balaban J connectivity index is 1.83. The molecule has 3 heterocycles. The van der Waals surface area contributed by atoms with Gasteiger partial charge in [0, 0.05) is 25.3 Å². The van der Waals surface area contributed by atoms with Crippen molar-refractivity contribution in [2.45, 2.75) is 18.9 Å². The second kappa shape index (κ2) is 6.75. The first-order chi connectivity index (χ1) is 11.2. The lowest BCUT2D eigenvalue weighted by Gasteiger charge is -2.32. The lowest BCUT2D eigenvalue weighted by atomic mass is 10.0. The number of nitrogens with zero attached hydrogens (tertiary/aromatic N) is 2. The molecule has 0 radical (unpaired) electrons. The number of H-pyrrole nitrogens is 1. The molecule has 6 nitrogen and oxygen atoms in total. The highest BCUT2D eigenvalue weighted by atomic mass is 16.2. The lowest BCUT2D eigenvalue weighted by molar-refractivity contribution is 0.0696. The summed E-state index contributed by atoms with van der Waals surface area (Å²) in [6.45, 7) is 1.33.